The smallest absolute Gasteiger partial charge is 0.306 e. The molecule has 0 aromatic carbocycles. The molecule has 0 aromatic heterocycles. The Morgan fingerprint density at radius 1 is 0.241 bits per heavy atom. The number of ether oxygens (including phenoxy) is 3. The molecule has 0 bridgehead atoms. The second-order valence-electron chi connectivity index (χ2n) is 25.2. The van der Waals surface area contributed by atoms with Crippen LogP contribution in [0.5, 0.6) is 0 Å². The summed E-state index contributed by atoms with van der Waals surface area (Å²) in [6.45, 7) is 6.65. The lowest BCUT2D eigenvalue weighted by atomic mass is 10.0. The van der Waals surface area contributed by atoms with Gasteiger partial charge in [0.1, 0.15) is 13.2 Å². The molecule has 0 heterocycles. The number of rotatable bonds is 69. The van der Waals surface area contributed by atoms with Gasteiger partial charge in [0.25, 0.3) is 0 Å². The van der Waals surface area contributed by atoms with Crippen molar-refractivity contribution in [3.63, 3.8) is 0 Å². The van der Waals surface area contributed by atoms with E-state index < -0.39 is 6.10 Å². The van der Waals surface area contributed by atoms with E-state index in [1.54, 1.807) is 0 Å². The number of allylic oxidation sites excluding steroid dienone is 8. The third-order valence-corrected chi connectivity index (χ3v) is 16.8. The van der Waals surface area contributed by atoms with E-state index in [2.05, 4.69) is 69.4 Å². The Hall–Kier alpha value is -2.63. The van der Waals surface area contributed by atoms with Crippen molar-refractivity contribution in [3.05, 3.63) is 48.6 Å². The summed E-state index contributed by atoms with van der Waals surface area (Å²) in [5.41, 5.74) is 0. The molecule has 0 fully saturated rings. The first-order valence-electron chi connectivity index (χ1n) is 37.1. The standard InChI is InChI=1S/C77H142O6/c1-4-7-10-13-16-19-22-24-26-28-30-32-34-36-37-38-39-41-42-44-46-48-50-52-55-58-61-64-67-70-76(79)82-73-74(72-81-75(78)69-66-63-60-57-54-21-18-15-12-9-6-3)83-77(80)71-68-65-62-59-56-53-51-49-47-45-43-40-35-33-31-29-27-25-23-20-17-14-11-8-5-2/h15,18,23,25,29,31,35,40,74H,4-14,16-17,19-22,24,26-28,30,32-34,36-39,41-73H2,1-3H3/b18-15-,25-23-,31-29-,40-35-. The van der Waals surface area contributed by atoms with Crippen molar-refractivity contribution in [3.8, 4) is 0 Å². The Bertz CT molecular complexity index is 1430. The van der Waals surface area contributed by atoms with Gasteiger partial charge in [-0.05, 0) is 77.0 Å². The molecule has 0 amide bonds. The van der Waals surface area contributed by atoms with Gasteiger partial charge in [0.05, 0.1) is 0 Å². The molecular weight excluding hydrogens is 1020 g/mol. The summed E-state index contributed by atoms with van der Waals surface area (Å²) in [5.74, 6) is -0.862. The summed E-state index contributed by atoms with van der Waals surface area (Å²) in [7, 11) is 0. The number of carbonyl (C=O) groups is 3. The Morgan fingerprint density at radius 2 is 0.446 bits per heavy atom. The molecule has 0 saturated carbocycles. The molecule has 1 unspecified atom stereocenters. The highest BCUT2D eigenvalue weighted by Crippen LogP contribution is 2.19. The van der Waals surface area contributed by atoms with Crippen LogP contribution in [0.2, 0.25) is 0 Å². The monoisotopic (exact) mass is 1160 g/mol. The van der Waals surface area contributed by atoms with Crippen LogP contribution in [0, 0.1) is 0 Å². The van der Waals surface area contributed by atoms with Crippen molar-refractivity contribution in [2.75, 3.05) is 13.2 Å². The minimum absolute atomic E-state index is 0.0732. The second kappa shape index (κ2) is 71.8. The van der Waals surface area contributed by atoms with E-state index in [0.717, 1.165) is 77.0 Å². The van der Waals surface area contributed by atoms with E-state index in [1.165, 1.54) is 289 Å². The lowest BCUT2D eigenvalue weighted by molar-refractivity contribution is -0.167. The molecule has 0 aliphatic rings. The third-order valence-electron chi connectivity index (χ3n) is 16.8. The van der Waals surface area contributed by atoms with Crippen molar-refractivity contribution in [2.24, 2.45) is 0 Å². The predicted octanol–water partition coefficient (Wildman–Crippen LogP) is 25.7. The second-order valence-corrected chi connectivity index (χ2v) is 25.2. The Kier molecular flexibility index (Phi) is 69.6. The van der Waals surface area contributed by atoms with Crippen molar-refractivity contribution >= 4 is 17.9 Å². The molecule has 0 aromatic rings. The van der Waals surface area contributed by atoms with Gasteiger partial charge < -0.3 is 14.2 Å². The highest BCUT2D eigenvalue weighted by molar-refractivity contribution is 5.71. The van der Waals surface area contributed by atoms with Gasteiger partial charge in [-0.25, -0.2) is 0 Å². The topological polar surface area (TPSA) is 78.9 Å². The van der Waals surface area contributed by atoms with Crippen molar-refractivity contribution in [1.82, 2.24) is 0 Å². The fourth-order valence-corrected chi connectivity index (χ4v) is 11.2. The van der Waals surface area contributed by atoms with Crippen LogP contribution in [0.25, 0.3) is 0 Å². The maximum absolute atomic E-state index is 13.0. The zero-order chi connectivity index (χ0) is 59.9. The maximum atomic E-state index is 13.0. The molecule has 0 spiro atoms. The lowest BCUT2D eigenvalue weighted by Gasteiger charge is -2.18. The van der Waals surface area contributed by atoms with Crippen molar-refractivity contribution < 1.29 is 28.6 Å². The van der Waals surface area contributed by atoms with Crippen LogP contribution in [0.4, 0.5) is 0 Å². The van der Waals surface area contributed by atoms with E-state index in [9.17, 15) is 14.4 Å². The van der Waals surface area contributed by atoms with Gasteiger partial charge in [0.15, 0.2) is 6.10 Å². The first kappa shape index (κ1) is 80.4. The fraction of sp³-hybridized carbons (Fsp3) is 0.857. The third kappa shape index (κ3) is 70.0. The molecule has 1 atom stereocenters. The van der Waals surface area contributed by atoms with Crippen LogP contribution in [-0.2, 0) is 28.6 Å². The van der Waals surface area contributed by atoms with Crippen LogP contribution in [-0.4, -0.2) is 37.2 Å². The van der Waals surface area contributed by atoms with Crippen LogP contribution >= 0.6 is 0 Å². The normalized spacial score (nSPS) is 12.3. The van der Waals surface area contributed by atoms with E-state index in [4.69, 9.17) is 14.2 Å². The first-order valence-corrected chi connectivity index (χ1v) is 37.1. The number of hydrogen-bond acceptors (Lipinski definition) is 6. The van der Waals surface area contributed by atoms with E-state index in [1.807, 2.05) is 0 Å². The number of carbonyl (C=O) groups excluding carboxylic acids is 3. The zero-order valence-corrected chi connectivity index (χ0v) is 56.0. The van der Waals surface area contributed by atoms with Gasteiger partial charge in [-0.3, -0.25) is 14.4 Å². The molecule has 0 N–H and O–H groups in total. The molecule has 0 saturated heterocycles. The minimum atomic E-state index is -0.778. The summed E-state index contributed by atoms with van der Waals surface area (Å²) in [5, 5.41) is 0. The van der Waals surface area contributed by atoms with Gasteiger partial charge in [0.2, 0.25) is 0 Å². The summed E-state index contributed by atoms with van der Waals surface area (Å²) in [4.78, 5) is 38.4. The van der Waals surface area contributed by atoms with Gasteiger partial charge in [-0.2, -0.15) is 0 Å². The first-order chi connectivity index (χ1) is 41.0. The molecule has 0 aliphatic carbocycles. The maximum Gasteiger partial charge on any atom is 0.306 e. The molecule has 6 nitrogen and oxygen atoms in total. The van der Waals surface area contributed by atoms with Crippen LogP contribution in [0.15, 0.2) is 48.6 Å². The fourth-order valence-electron chi connectivity index (χ4n) is 11.2. The summed E-state index contributed by atoms with van der Waals surface area (Å²) in [6.07, 6.45) is 91.7. The Labute approximate surface area is 518 Å². The highest BCUT2D eigenvalue weighted by atomic mass is 16.6. The van der Waals surface area contributed by atoms with Gasteiger partial charge in [0, 0.05) is 19.3 Å². The van der Waals surface area contributed by atoms with Gasteiger partial charge >= 0.3 is 17.9 Å². The molecular formula is C77H142O6. The quantitative estimate of drug-likeness (QED) is 0.0261. The van der Waals surface area contributed by atoms with Gasteiger partial charge in [-0.1, -0.05) is 358 Å². The van der Waals surface area contributed by atoms with Crippen LogP contribution < -0.4 is 0 Å². The molecule has 0 rings (SSSR count). The van der Waals surface area contributed by atoms with Crippen LogP contribution in [0.1, 0.15) is 406 Å². The average Bonchev–Trinajstić information content (AvgIpc) is 3.48. The summed E-state index contributed by atoms with van der Waals surface area (Å²) >= 11 is 0. The summed E-state index contributed by atoms with van der Waals surface area (Å²) in [6, 6.07) is 0. The van der Waals surface area contributed by atoms with Crippen molar-refractivity contribution in [1.29, 1.82) is 0 Å². The molecule has 0 radical (unpaired) electrons. The molecule has 6 heteroatoms. The van der Waals surface area contributed by atoms with Crippen molar-refractivity contribution in [2.45, 2.75) is 412 Å². The highest BCUT2D eigenvalue weighted by Gasteiger charge is 2.19. The number of esters is 3. The lowest BCUT2D eigenvalue weighted by Crippen LogP contribution is -2.30. The zero-order valence-electron chi connectivity index (χ0n) is 56.0. The minimum Gasteiger partial charge on any atom is -0.462 e. The van der Waals surface area contributed by atoms with E-state index >= 15 is 0 Å². The largest absolute Gasteiger partial charge is 0.462 e. The van der Waals surface area contributed by atoms with E-state index in [-0.39, 0.29) is 31.1 Å². The number of hydrogen-bond donors (Lipinski definition) is 0. The Morgan fingerprint density at radius 3 is 0.723 bits per heavy atom. The average molecular weight is 1160 g/mol. The molecule has 486 valence electrons. The summed E-state index contributed by atoms with van der Waals surface area (Å²) < 4.78 is 17.0. The Balaban J connectivity index is 4.15. The van der Waals surface area contributed by atoms with Gasteiger partial charge in [-0.15, -0.1) is 0 Å². The SMILES string of the molecule is CCCC/C=C\CCCCCCCC(=O)OCC(COC(=O)CCCCCCCCCCCCCCCCCCCCCCCCCCCCCCC)OC(=O)CCCCCCCCCCCC/C=C\C/C=C\C/C=C\CCCCCCC. The number of unbranched alkanes of at least 4 members (excludes halogenated alkanes) is 50. The predicted molar refractivity (Wildman–Crippen MR) is 362 cm³/mol. The van der Waals surface area contributed by atoms with E-state index in [0.29, 0.717) is 19.3 Å². The molecule has 83 heavy (non-hydrogen) atoms. The molecule has 0 aliphatic heterocycles. The van der Waals surface area contributed by atoms with Crippen LogP contribution in [0.3, 0.4) is 0 Å².